The fourth-order valence-electron chi connectivity index (χ4n) is 2.78. The zero-order chi connectivity index (χ0) is 14.7. The molecule has 1 saturated heterocycles. The Hall–Kier alpha value is -1.36. The first kappa shape index (κ1) is 15.0. The minimum absolute atomic E-state index is 0.101. The lowest BCUT2D eigenvalue weighted by Gasteiger charge is -2.35. The second-order valence-electron chi connectivity index (χ2n) is 6.22. The van der Waals surface area contributed by atoms with Crippen LogP contribution in [0.25, 0.3) is 0 Å². The molecule has 20 heavy (non-hydrogen) atoms. The van der Waals surface area contributed by atoms with Gasteiger partial charge >= 0.3 is 0 Å². The third kappa shape index (κ3) is 3.39. The first-order valence-electron chi connectivity index (χ1n) is 7.49. The number of carbonyl (C=O) groups excluding carboxylic acids is 1. The SMILES string of the molecule is CC(C)[C@H](N)C(=O)N1CCC[C@@H](Cc2nccn2C)C1. The Kier molecular flexibility index (Phi) is 4.81. The molecule has 0 bridgehead atoms. The summed E-state index contributed by atoms with van der Waals surface area (Å²) in [6, 6.07) is -0.373. The van der Waals surface area contributed by atoms with Crippen molar-refractivity contribution in [1.29, 1.82) is 0 Å². The average Bonchev–Trinajstić information content (AvgIpc) is 2.83. The average molecular weight is 278 g/mol. The molecule has 0 saturated carbocycles. The van der Waals surface area contributed by atoms with E-state index in [9.17, 15) is 4.79 Å². The van der Waals surface area contributed by atoms with Crippen molar-refractivity contribution in [3.05, 3.63) is 18.2 Å². The van der Waals surface area contributed by atoms with Crippen molar-refractivity contribution in [1.82, 2.24) is 14.5 Å². The molecule has 0 radical (unpaired) electrons. The minimum Gasteiger partial charge on any atom is -0.341 e. The fourth-order valence-corrected chi connectivity index (χ4v) is 2.78. The van der Waals surface area contributed by atoms with Crippen molar-refractivity contribution < 1.29 is 4.79 Å². The van der Waals surface area contributed by atoms with Gasteiger partial charge in [-0.15, -0.1) is 0 Å². The van der Waals surface area contributed by atoms with E-state index in [1.54, 1.807) is 0 Å². The van der Waals surface area contributed by atoms with Crippen LogP contribution in [-0.2, 0) is 18.3 Å². The first-order valence-corrected chi connectivity index (χ1v) is 7.49. The number of rotatable bonds is 4. The maximum Gasteiger partial charge on any atom is 0.239 e. The van der Waals surface area contributed by atoms with Crippen molar-refractivity contribution >= 4 is 5.91 Å². The molecule has 112 valence electrons. The first-order chi connectivity index (χ1) is 9.49. The van der Waals surface area contributed by atoms with E-state index < -0.39 is 0 Å². The molecule has 0 aliphatic carbocycles. The van der Waals surface area contributed by atoms with Crippen LogP contribution in [-0.4, -0.2) is 39.5 Å². The van der Waals surface area contributed by atoms with Gasteiger partial charge < -0.3 is 15.2 Å². The number of aromatic nitrogens is 2. The van der Waals surface area contributed by atoms with Gasteiger partial charge in [0.25, 0.3) is 0 Å². The molecule has 0 spiro atoms. The van der Waals surface area contributed by atoms with Gasteiger partial charge in [0, 0.05) is 39.0 Å². The maximum atomic E-state index is 12.3. The predicted octanol–water partition coefficient (Wildman–Crippen LogP) is 1.18. The van der Waals surface area contributed by atoms with Crippen molar-refractivity contribution in [2.75, 3.05) is 13.1 Å². The summed E-state index contributed by atoms with van der Waals surface area (Å²) in [5.74, 6) is 1.88. The van der Waals surface area contributed by atoms with E-state index in [1.807, 2.05) is 38.2 Å². The molecule has 0 aromatic carbocycles. The summed E-state index contributed by atoms with van der Waals surface area (Å²) in [4.78, 5) is 18.7. The molecule has 1 aromatic heterocycles. The number of carbonyl (C=O) groups is 1. The lowest BCUT2D eigenvalue weighted by atomic mass is 9.93. The number of amides is 1. The molecule has 1 fully saturated rings. The fraction of sp³-hybridized carbons (Fsp3) is 0.733. The zero-order valence-corrected chi connectivity index (χ0v) is 12.7. The summed E-state index contributed by atoms with van der Waals surface area (Å²) in [5, 5.41) is 0. The lowest BCUT2D eigenvalue weighted by Crippen LogP contribution is -2.50. The lowest BCUT2D eigenvalue weighted by molar-refractivity contribution is -0.135. The van der Waals surface area contributed by atoms with Gasteiger partial charge in [0.1, 0.15) is 5.82 Å². The molecule has 1 aliphatic rings. The van der Waals surface area contributed by atoms with Gasteiger partial charge in [-0.1, -0.05) is 13.8 Å². The number of hydrogen-bond donors (Lipinski definition) is 1. The molecule has 1 aliphatic heterocycles. The van der Waals surface area contributed by atoms with Gasteiger partial charge in [0.15, 0.2) is 0 Å². The summed E-state index contributed by atoms with van der Waals surface area (Å²) in [6.07, 6.45) is 6.95. The summed E-state index contributed by atoms with van der Waals surface area (Å²) in [7, 11) is 2.02. The van der Waals surface area contributed by atoms with E-state index in [2.05, 4.69) is 9.55 Å². The van der Waals surface area contributed by atoms with Crippen LogP contribution in [0, 0.1) is 11.8 Å². The minimum atomic E-state index is -0.373. The van der Waals surface area contributed by atoms with Gasteiger partial charge in [-0.05, 0) is 24.7 Å². The van der Waals surface area contributed by atoms with E-state index in [-0.39, 0.29) is 17.9 Å². The molecule has 5 nitrogen and oxygen atoms in total. The molecule has 2 rings (SSSR count). The number of aryl methyl sites for hydroxylation is 1. The highest BCUT2D eigenvalue weighted by atomic mass is 16.2. The Morgan fingerprint density at radius 1 is 1.55 bits per heavy atom. The second kappa shape index (κ2) is 6.39. The molecular formula is C15H26N4O. The molecular weight excluding hydrogens is 252 g/mol. The molecule has 2 atom stereocenters. The molecule has 1 amide bonds. The summed E-state index contributed by atoms with van der Waals surface area (Å²) in [6.45, 7) is 5.65. The highest BCUT2D eigenvalue weighted by Crippen LogP contribution is 2.21. The standard InChI is InChI=1S/C15H26N4O/c1-11(2)14(16)15(20)19-7-4-5-12(10-19)9-13-17-6-8-18(13)3/h6,8,11-12,14H,4-5,7,9-10,16H2,1-3H3/t12-,14-/m0/s1. The second-order valence-corrected chi connectivity index (χ2v) is 6.22. The monoisotopic (exact) mass is 278 g/mol. The number of hydrogen-bond acceptors (Lipinski definition) is 3. The van der Waals surface area contributed by atoms with Crippen LogP contribution in [0.15, 0.2) is 12.4 Å². The topological polar surface area (TPSA) is 64.2 Å². The van der Waals surface area contributed by atoms with Crippen LogP contribution >= 0.6 is 0 Å². The van der Waals surface area contributed by atoms with Crippen LogP contribution in [0.1, 0.15) is 32.5 Å². The summed E-state index contributed by atoms with van der Waals surface area (Å²) >= 11 is 0. The van der Waals surface area contributed by atoms with Gasteiger partial charge in [0.2, 0.25) is 5.91 Å². The summed E-state index contributed by atoms with van der Waals surface area (Å²) < 4.78 is 2.06. The molecule has 2 N–H and O–H groups in total. The Morgan fingerprint density at radius 2 is 2.30 bits per heavy atom. The van der Waals surface area contributed by atoms with E-state index in [0.29, 0.717) is 5.92 Å². The third-order valence-electron chi connectivity index (χ3n) is 4.23. The van der Waals surface area contributed by atoms with Crippen molar-refractivity contribution in [2.45, 2.75) is 39.2 Å². The Labute approximate surface area is 121 Å². The number of likely N-dealkylation sites (tertiary alicyclic amines) is 1. The van der Waals surface area contributed by atoms with E-state index >= 15 is 0 Å². The Balaban J connectivity index is 1.95. The normalized spacial score (nSPS) is 21.2. The van der Waals surface area contributed by atoms with Gasteiger partial charge in [-0.25, -0.2) is 4.98 Å². The highest BCUT2D eigenvalue weighted by molar-refractivity contribution is 5.82. The number of piperidine rings is 1. The molecule has 0 unspecified atom stereocenters. The maximum absolute atomic E-state index is 12.3. The van der Waals surface area contributed by atoms with E-state index in [4.69, 9.17) is 5.73 Å². The van der Waals surface area contributed by atoms with Crippen LogP contribution in [0.4, 0.5) is 0 Å². The van der Waals surface area contributed by atoms with Gasteiger partial charge in [0.05, 0.1) is 6.04 Å². The zero-order valence-electron chi connectivity index (χ0n) is 12.7. The van der Waals surface area contributed by atoms with Gasteiger partial charge in [-0.3, -0.25) is 4.79 Å². The van der Waals surface area contributed by atoms with Crippen molar-refractivity contribution in [3.8, 4) is 0 Å². The van der Waals surface area contributed by atoms with Crippen LogP contribution in [0.2, 0.25) is 0 Å². The third-order valence-corrected chi connectivity index (χ3v) is 4.23. The molecule has 5 heteroatoms. The van der Waals surface area contributed by atoms with Crippen LogP contribution < -0.4 is 5.73 Å². The van der Waals surface area contributed by atoms with E-state index in [1.165, 1.54) is 0 Å². The highest BCUT2D eigenvalue weighted by Gasteiger charge is 2.28. The number of nitrogens with two attached hydrogens (primary N) is 1. The van der Waals surface area contributed by atoms with Crippen LogP contribution in [0.3, 0.4) is 0 Å². The quantitative estimate of drug-likeness (QED) is 0.899. The smallest absolute Gasteiger partial charge is 0.239 e. The van der Waals surface area contributed by atoms with E-state index in [0.717, 1.165) is 38.2 Å². The van der Waals surface area contributed by atoms with Crippen molar-refractivity contribution in [2.24, 2.45) is 24.6 Å². The Morgan fingerprint density at radius 3 is 2.90 bits per heavy atom. The molecule has 2 heterocycles. The summed E-state index contributed by atoms with van der Waals surface area (Å²) in [5.41, 5.74) is 5.99. The Bertz CT molecular complexity index is 454. The molecule has 1 aromatic rings. The van der Waals surface area contributed by atoms with Gasteiger partial charge in [-0.2, -0.15) is 0 Å². The van der Waals surface area contributed by atoms with Crippen molar-refractivity contribution in [3.63, 3.8) is 0 Å². The largest absolute Gasteiger partial charge is 0.341 e. The van der Waals surface area contributed by atoms with Crippen LogP contribution in [0.5, 0.6) is 0 Å². The number of imidazole rings is 1. The predicted molar refractivity (Wildman–Crippen MR) is 79.0 cm³/mol. The number of nitrogens with zero attached hydrogens (tertiary/aromatic N) is 3.